The van der Waals surface area contributed by atoms with E-state index < -0.39 is 11.5 Å². The number of phenolic OH excluding ortho intramolecular Hbond substituents is 7. The Labute approximate surface area is 272 Å². The van der Waals surface area contributed by atoms with Crippen LogP contribution in [0.15, 0.2) is 76.8 Å². The summed E-state index contributed by atoms with van der Waals surface area (Å²) in [5.74, 6) is -1.63. The zero-order chi connectivity index (χ0) is 32.1. The first-order valence-corrected chi connectivity index (χ1v) is 14.5. The molecule has 0 unspecified atom stereocenters. The standard InChI is InChI=1S/C32H26Cl4O8/c33-20(5-16-7-22(37)13-23(38)8-16)4-2-19-12-31(25(36)15-27(19)40)44-32-29(42)9-17(10-30(32)43)6-21(34)3-1-18-11-28(41)24(35)14-26(18)39/h3-4,7-15,37-43H,1-2,5-6H2/b20-4+,21-3-. The number of allylic oxidation sites excluding steroid dienone is 4. The molecule has 44 heavy (non-hydrogen) atoms. The number of phenols is 7. The predicted molar refractivity (Wildman–Crippen MR) is 170 cm³/mol. The summed E-state index contributed by atoms with van der Waals surface area (Å²) in [6, 6.07) is 12.1. The molecule has 0 saturated carbocycles. The summed E-state index contributed by atoms with van der Waals surface area (Å²) in [7, 11) is 0. The molecule has 0 spiro atoms. The van der Waals surface area contributed by atoms with Crippen LogP contribution in [0.2, 0.25) is 10.0 Å². The summed E-state index contributed by atoms with van der Waals surface area (Å²) >= 11 is 24.7. The van der Waals surface area contributed by atoms with Crippen molar-refractivity contribution in [3.63, 3.8) is 0 Å². The van der Waals surface area contributed by atoms with Crippen LogP contribution in [0.25, 0.3) is 0 Å². The highest BCUT2D eigenvalue weighted by molar-refractivity contribution is 6.32. The summed E-state index contributed by atoms with van der Waals surface area (Å²) < 4.78 is 5.73. The van der Waals surface area contributed by atoms with Crippen molar-refractivity contribution < 1.29 is 40.5 Å². The molecule has 4 aromatic carbocycles. The van der Waals surface area contributed by atoms with Gasteiger partial charge in [-0.1, -0.05) is 58.6 Å². The van der Waals surface area contributed by atoms with Crippen molar-refractivity contribution in [1.82, 2.24) is 0 Å². The Hall–Kier alpha value is -4.08. The lowest BCUT2D eigenvalue weighted by Gasteiger charge is -2.14. The number of hydrogen-bond donors (Lipinski definition) is 7. The molecule has 0 fully saturated rings. The van der Waals surface area contributed by atoms with Gasteiger partial charge < -0.3 is 40.5 Å². The predicted octanol–water partition coefficient (Wildman–Crippen LogP) is 8.54. The number of rotatable bonds is 10. The monoisotopic (exact) mass is 678 g/mol. The zero-order valence-corrected chi connectivity index (χ0v) is 25.8. The zero-order valence-electron chi connectivity index (χ0n) is 22.7. The van der Waals surface area contributed by atoms with E-state index in [1.54, 1.807) is 12.2 Å². The van der Waals surface area contributed by atoms with E-state index in [1.165, 1.54) is 54.6 Å². The minimum Gasteiger partial charge on any atom is -0.508 e. The molecule has 4 rings (SSSR count). The minimum absolute atomic E-state index is 0.0157. The summed E-state index contributed by atoms with van der Waals surface area (Å²) in [6.45, 7) is 0. The van der Waals surface area contributed by atoms with Crippen molar-refractivity contribution >= 4 is 46.4 Å². The van der Waals surface area contributed by atoms with E-state index in [0.717, 1.165) is 0 Å². The Kier molecular flexibility index (Phi) is 10.5. The van der Waals surface area contributed by atoms with Crippen molar-refractivity contribution in [3.05, 3.63) is 109 Å². The Morgan fingerprint density at radius 3 is 1.57 bits per heavy atom. The average molecular weight is 680 g/mol. The molecule has 12 heteroatoms. The summed E-state index contributed by atoms with van der Waals surface area (Å²) in [5, 5.41) is 71.6. The van der Waals surface area contributed by atoms with E-state index in [1.807, 2.05) is 0 Å². The third-order valence-corrected chi connectivity index (χ3v) is 7.57. The van der Waals surface area contributed by atoms with Gasteiger partial charge >= 0.3 is 0 Å². The highest BCUT2D eigenvalue weighted by Gasteiger charge is 2.17. The van der Waals surface area contributed by atoms with E-state index >= 15 is 0 Å². The molecule has 0 aliphatic carbocycles. The quantitative estimate of drug-likeness (QED) is 0.0824. The molecule has 0 aliphatic heterocycles. The van der Waals surface area contributed by atoms with Crippen LogP contribution in [0, 0.1) is 0 Å². The van der Waals surface area contributed by atoms with E-state index in [9.17, 15) is 35.7 Å². The first-order chi connectivity index (χ1) is 20.8. The van der Waals surface area contributed by atoms with Gasteiger partial charge in [0, 0.05) is 52.2 Å². The molecule has 230 valence electrons. The fraction of sp³-hybridized carbons (Fsp3) is 0.125. The molecule has 0 amide bonds. The Morgan fingerprint density at radius 2 is 1.02 bits per heavy atom. The molecule has 0 heterocycles. The molecule has 7 N–H and O–H groups in total. The SMILES string of the molecule is Oc1cc(O)cc(C/C(Cl)=C\Cc2cc(Oc3c(O)cc(C/C(Cl)=C/Cc4cc(O)c(Cl)cc4O)cc3O)c(Cl)cc2O)c1. The van der Waals surface area contributed by atoms with Gasteiger partial charge in [0.25, 0.3) is 0 Å². The smallest absolute Gasteiger partial charge is 0.210 e. The van der Waals surface area contributed by atoms with Crippen LogP contribution in [0.4, 0.5) is 0 Å². The molecule has 0 saturated heterocycles. The first-order valence-electron chi connectivity index (χ1n) is 12.9. The number of halogens is 4. The van der Waals surface area contributed by atoms with Crippen LogP contribution in [-0.4, -0.2) is 35.7 Å². The number of hydrogen-bond acceptors (Lipinski definition) is 8. The fourth-order valence-corrected chi connectivity index (χ4v) is 5.11. The lowest BCUT2D eigenvalue weighted by molar-refractivity contribution is 0.375. The number of aromatic hydroxyl groups is 7. The van der Waals surface area contributed by atoms with Crippen LogP contribution in [0.5, 0.6) is 51.7 Å². The van der Waals surface area contributed by atoms with Crippen LogP contribution in [0.1, 0.15) is 22.3 Å². The van der Waals surface area contributed by atoms with Gasteiger partial charge in [0.05, 0.1) is 10.0 Å². The lowest BCUT2D eigenvalue weighted by atomic mass is 10.1. The van der Waals surface area contributed by atoms with Crippen molar-refractivity contribution in [1.29, 1.82) is 0 Å². The average Bonchev–Trinajstić information content (AvgIpc) is 2.92. The highest BCUT2D eigenvalue weighted by atomic mass is 35.5. The topological polar surface area (TPSA) is 151 Å². The highest BCUT2D eigenvalue weighted by Crippen LogP contribution is 2.44. The summed E-state index contributed by atoms with van der Waals surface area (Å²) in [6.07, 6.45) is 3.94. The minimum atomic E-state index is -0.396. The van der Waals surface area contributed by atoms with Crippen molar-refractivity contribution in [2.45, 2.75) is 25.7 Å². The first kappa shape index (κ1) is 32.8. The van der Waals surface area contributed by atoms with Crippen molar-refractivity contribution in [3.8, 4) is 51.7 Å². The van der Waals surface area contributed by atoms with Gasteiger partial charge in [-0.15, -0.1) is 0 Å². The summed E-state index contributed by atoms with van der Waals surface area (Å²) in [5.41, 5.74) is 1.82. The molecular weight excluding hydrogens is 654 g/mol. The maximum absolute atomic E-state index is 10.6. The second-order valence-corrected chi connectivity index (χ2v) is 11.6. The van der Waals surface area contributed by atoms with Gasteiger partial charge in [0.1, 0.15) is 34.5 Å². The van der Waals surface area contributed by atoms with Gasteiger partial charge in [-0.05, 0) is 60.4 Å². The van der Waals surface area contributed by atoms with Gasteiger partial charge in [-0.25, -0.2) is 0 Å². The normalized spacial score (nSPS) is 12.0. The Bertz CT molecular complexity index is 1720. The maximum Gasteiger partial charge on any atom is 0.210 e. The van der Waals surface area contributed by atoms with Crippen molar-refractivity contribution in [2.24, 2.45) is 0 Å². The van der Waals surface area contributed by atoms with E-state index in [-0.39, 0.29) is 76.0 Å². The van der Waals surface area contributed by atoms with E-state index in [4.69, 9.17) is 51.1 Å². The molecule has 8 nitrogen and oxygen atoms in total. The Balaban J connectivity index is 1.47. The van der Waals surface area contributed by atoms with Crippen LogP contribution in [-0.2, 0) is 25.7 Å². The lowest BCUT2D eigenvalue weighted by Crippen LogP contribution is -1.93. The second-order valence-electron chi connectivity index (χ2n) is 9.83. The van der Waals surface area contributed by atoms with Crippen LogP contribution in [0.3, 0.4) is 0 Å². The van der Waals surface area contributed by atoms with Crippen molar-refractivity contribution in [2.75, 3.05) is 0 Å². The molecule has 0 aliphatic rings. The van der Waals surface area contributed by atoms with Gasteiger partial charge in [-0.3, -0.25) is 0 Å². The Morgan fingerprint density at radius 1 is 0.545 bits per heavy atom. The van der Waals surface area contributed by atoms with Crippen LogP contribution >= 0.6 is 46.4 Å². The molecule has 4 aromatic rings. The molecule has 0 bridgehead atoms. The fourth-order valence-electron chi connectivity index (χ4n) is 4.29. The molecular formula is C32H26Cl4O8. The molecule has 0 atom stereocenters. The maximum atomic E-state index is 10.6. The van der Waals surface area contributed by atoms with E-state index in [0.29, 0.717) is 32.3 Å². The largest absolute Gasteiger partial charge is 0.508 e. The molecule has 0 radical (unpaired) electrons. The van der Waals surface area contributed by atoms with E-state index in [2.05, 4.69) is 0 Å². The molecule has 0 aromatic heterocycles. The van der Waals surface area contributed by atoms with Gasteiger partial charge in [-0.2, -0.15) is 0 Å². The van der Waals surface area contributed by atoms with Gasteiger partial charge in [0.15, 0.2) is 11.5 Å². The van der Waals surface area contributed by atoms with Crippen LogP contribution < -0.4 is 4.74 Å². The third-order valence-electron chi connectivity index (χ3n) is 6.40. The second kappa shape index (κ2) is 14.1. The number of ether oxygens (including phenoxy) is 1. The van der Waals surface area contributed by atoms with Gasteiger partial charge in [0.2, 0.25) is 5.75 Å². The number of benzene rings is 4. The summed E-state index contributed by atoms with van der Waals surface area (Å²) in [4.78, 5) is 0. The third kappa shape index (κ3) is 8.51.